The summed E-state index contributed by atoms with van der Waals surface area (Å²) in [7, 11) is 0. The number of fused-ring (bicyclic) bond motifs is 1. The second kappa shape index (κ2) is 8.31. The number of hydrogen-bond acceptors (Lipinski definition) is 7. The number of nitrogens with zero attached hydrogens (tertiary/aromatic N) is 5. The first-order valence-electron chi connectivity index (χ1n) is 10.8. The Hall–Kier alpha value is -3.33. The highest BCUT2D eigenvalue weighted by Crippen LogP contribution is 2.30. The SMILES string of the molecule is Cc1ccc2[nH]nc(C(=O)N3CCC[C@H](c4cc(Nc5ncc(C)s5)nc(C)n4)C3)c2c1. The van der Waals surface area contributed by atoms with Crippen LogP contribution in [0.2, 0.25) is 0 Å². The molecular weight excluding hydrogens is 422 g/mol. The monoisotopic (exact) mass is 447 g/mol. The van der Waals surface area contributed by atoms with Crippen molar-refractivity contribution in [2.75, 3.05) is 18.4 Å². The normalized spacial score (nSPS) is 16.5. The first-order valence-corrected chi connectivity index (χ1v) is 11.6. The van der Waals surface area contributed by atoms with Gasteiger partial charge in [-0.1, -0.05) is 11.6 Å². The van der Waals surface area contributed by atoms with Crippen molar-refractivity contribution in [2.45, 2.75) is 39.5 Å². The molecular formula is C23H25N7OS. The van der Waals surface area contributed by atoms with E-state index in [1.54, 1.807) is 11.3 Å². The summed E-state index contributed by atoms with van der Waals surface area (Å²) in [5.74, 6) is 1.56. The molecule has 5 rings (SSSR count). The van der Waals surface area contributed by atoms with Gasteiger partial charge < -0.3 is 10.2 Å². The Morgan fingerprint density at radius 2 is 2.09 bits per heavy atom. The minimum Gasteiger partial charge on any atom is -0.337 e. The van der Waals surface area contributed by atoms with Gasteiger partial charge in [-0.15, -0.1) is 11.3 Å². The molecule has 0 unspecified atom stereocenters. The summed E-state index contributed by atoms with van der Waals surface area (Å²) < 4.78 is 0. The Labute approximate surface area is 190 Å². The molecule has 2 N–H and O–H groups in total. The van der Waals surface area contributed by atoms with Crippen LogP contribution in [-0.4, -0.2) is 49.0 Å². The molecule has 1 aromatic carbocycles. The molecule has 1 amide bonds. The van der Waals surface area contributed by atoms with Gasteiger partial charge >= 0.3 is 0 Å². The number of thiazole rings is 1. The number of aromatic amines is 1. The summed E-state index contributed by atoms with van der Waals surface area (Å²) in [5, 5.41) is 12.3. The van der Waals surface area contributed by atoms with Crippen LogP contribution in [0.3, 0.4) is 0 Å². The summed E-state index contributed by atoms with van der Waals surface area (Å²) >= 11 is 1.59. The maximum atomic E-state index is 13.3. The molecule has 1 atom stereocenters. The highest BCUT2D eigenvalue weighted by atomic mass is 32.1. The molecule has 4 aromatic rings. The Kier molecular flexibility index (Phi) is 5.34. The van der Waals surface area contributed by atoms with Crippen molar-refractivity contribution in [3.05, 3.63) is 58.1 Å². The molecule has 32 heavy (non-hydrogen) atoms. The van der Waals surface area contributed by atoms with Gasteiger partial charge in [0.05, 0.1) is 11.2 Å². The van der Waals surface area contributed by atoms with Crippen molar-refractivity contribution < 1.29 is 4.79 Å². The van der Waals surface area contributed by atoms with E-state index in [1.807, 2.05) is 56.1 Å². The van der Waals surface area contributed by atoms with Crippen molar-refractivity contribution in [3.8, 4) is 0 Å². The van der Waals surface area contributed by atoms with Crippen molar-refractivity contribution in [3.63, 3.8) is 0 Å². The Morgan fingerprint density at radius 1 is 1.22 bits per heavy atom. The van der Waals surface area contributed by atoms with Gasteiger partial charge in [0, 0.05) is 41.5 Å². The quantitative estimate of drug-likeness (QED) is 0.478. The third-order valence-electron chi connectivity index (χ3n) is 5.76. The average Bonchev–Trinajstić information content (AvgIpc) is 3.38. The number of likely N-dealkylation sites (tertiary alicyclic amines) is 1. The topological polar surface area (TPSA) is 99.7 Å². The van der Waals surface area contributed by atoms with E-state index in [0.29, 0.717) is 18.1 Å². The second-order valence-corrected chi connectivity index (χ2v) is 9.57. The number of nitrogens with one attached hydrogen (secondary N) is 2. The van der Waals surface area contributed by atoms with Crippen LogP contribution in [0.25, 0.3) is 10.9 Å². The number of benzene rings is 1. The van der Waals surface area contributed by atoms with E-state index in [4.69, 9.17) is 4.98 Å². The molecule has 1 fully saturated rings. The predicted octanol–water partition coefficient (Wildman–Crippen LogP) is 4.50. The van der Waals surface area contributed by atoms with Crippen LogP contribution in [0, 0.1) is 20.8 Å². The lowest BCUT2D eigenvalue weighted by atomic mass is 9.94. The first-order chi connectivity index (χ1) is 15.5. The lowest BCUT2D eigenvalue weighted by Gasteiger charge is -2.32. The van der Waals surface area contributed by atoms with Crippen molar-refractivity contribution in [1.82, 2.24) is 30.0 Å². The number of hydrogen-bond donors (Lipinski definition) is 2. The molecule has 1 aliphatic rings. The zero-order chi connectivity index (χ0) is 22.2. The van der Waals surface area contributed by atoms with E-state index in [0.717, 1.165) is 57.4 Å². The fourth-order valence-corrected chi connectivity index (χ4v) is 4.90. The van der Waals surface area contributed by atoms with Crippen LogP contribution >= 0.6 is 11.3 Å². The number of aromatic nitrogens is 5. The molecule has 0 bridgehead atoms. The zero-order valence-corrected chi connectivity index (χ0v) is 19.2. The number of piperidine rings is 1. The minimum absolute atomic E-state index is 0.0334. The molecule has 0 saturated carbocycles. The molecule has 164 valence electrons. The number of rotatable bonds is 4. The number of amides is 1. The van der Waals surface area contributed by atoms with E-state index in [2.05, 4.69) is 25.5 Å². The van der Waals surface area contributed by atoms with Crippen LogP contribution in [0.15, 0.2) is 30.5 Å². The third kappa shape index (κ3) is 4.08. The molecule has 1 saturated heterocycles. The Bertz CT molecular complexity index is 1290. The molecule has 0 radical (unpaired) electrons. The van der Waals surface area contributed by atoms with Gasteiger partial charge in [0.25, 0.3) is 5.91 Å². The van der Waals surface area contributed by atoms with Gasteiger partial charge in [-0.05, 0) is 45.7 Å². The lowest BCUT2D eigenvalue weighted by molar-refractivity contribution is 0.0702. The standard InChI is InChI=1S/C23H25N7OS/c1-13-6-7-18-17(9-13)21(29-28-18)22(31)30-8-4-5-16(12-30)19-10-20(26-15(3)25-19)27-23-24-11-14(2)32-23/h6-7,9-11,16H,4-5,8,12H2,1-3H3,(H,28,29)(H,24,25,26,27)/t16-/m0/s1. The van der Waals surface area contributed by atoms with E-state index < -0.39 is 0 Å². The molecule has 9 heteroatoms. The van der Waals surface area contributed by atoms with Crippen LogP contribution < -0.4 is 5.32 Å². The number of carbonyl (C=O) groups excluding carboxylic acids is 1. The molecule has 0 aliphatic carbocycles. The highest BCUT2D eigenvalue weighted by Gasteiger charge is 2.29. The second-order valence-electron chi connectivity index (χ2n) is 8.34. The Balaban J connectivity index is 1.37. The van der Waals surface area contributed by atoms with Gasteiger partial charge in [-0.2, -0.15) is 5.10 Å². The summed E-state index contributed by atoms with van der Waals surface area (Å²) in [6.45, 7) is 7.28. The smallest absolute Gasteiger partial charge is 0.275 e. The zero-order valence-electron chi connectivity index (χ0n) is 18.3. The van der Waals surface area contributed by atoms with Gasteiger partial charge in [-0.3, -0.25) is 9.89 Å². The Morgan fingerprint density at radius 3 is 2.91 bits per heavy atom. The van der Waals surface area contributed by atoms with Crippen molar-refractivity contribution in [2.24, 2.45) is 0 Å². The lowest BCUT2D eigenvalue weighted by Crippen LogP contribution is -2.39. The van der Waals surface area contributed by atoms with Crippen molar-refractivity contribution >= 4 is 39.1 Å². The van der Waals surface area contributed by atoms with E-state index >= 15 is 0 Å². The summed E-state index contributed by atoms with van der Waals surface area (Å²) in [4.78, 5) is 30.0. The number of anilines is 2. The van der Waals surface area contributed by atoms with Gasteiger partial charge in [-0.25, -0.2) is 15.0 Å². The maximum Gasteiger partial charge on any atom is 0.275 e. The highest BCUT2D eigenvalue weighted by molar-refractivity contribution is 7.15. The van der Waals surface area contributed by atoms with Gasteiger partial charge in [0.15, 0.2) is 10.8 Å². The molecule has 4 heterocycles. The predicted molar refractivity (Wildman–Crippen MR) is 126 cm³/mol. The number of carbonyl (C=O) groups is 1. The van der Waals surface area contributed by atoms with E-state index in [9.17, 15) is 4.79 Å². The van der Waals surface area contributed by atoms with E-state index in [1.165, 1.54) is 0 Å². The van der Waals surface area contributed by atoms with E-state index in [-0.39, 0.29) is 11.8 Å². The molecule has 8 nitrogen and oxygen atoms in total. The van der Waals surface area contributed by atoms with Crippen LogP contribution in [0.5, 0.6) is 0 Å². The largest absolute Gasteiger partial charge is 0.337 e. The number of H-pyrrole nitrogens is 1. The first kappa shape index (κ1) is 20.6. The summed E-state index contributed by atoms with van der Waals surface area (Å²) in [6, 6.07) is 7.98. The average molecular weight is 448 g/mol. The molecule has 3 aromatic heterocycles. The summed E-state index contributed by atoms with van der Waals surface area (Å²) in [5.41, 5.74) is 3.43. The molecule has 1 aliphatic heterocycles. The number of aryl methyl sites for hydroxylation is 3. The van der Waals surface area contributed by atoms with Crippen LogP contribution in [0.4, 0.5) is 10.9 Å². The van der Waals surface area contributed by atoms with Crippen LogP contribution in [-0.2, 0) is 0 Å². The van der Waals surface area contributed by atoms with Crippen LogP contribution in [0.1, 0.15) is 51.2 Å². The minimum atomic E-state index is -0.0334. The fraction of sp³-hybridized carbons (Fsp3) is 0.348. The fourth-order valence-electron chi connectivity index (χ4n) is 4.23. The molecule has 0 spiro atoms. The third-order valence-corrected chi connectivity index (χ3v) is 6.59. The maximum absolute atomic E-state index is 13.3. The van der Waals surface area contributed by atoms with Gasteiger partial charge in [0.1, 0.15) is 11.6 Å². The van der Waals surface area contributed by atoms with Crippen molar-refractivity contribution in [1.29, 1.82) is 0 Å². The van der Waals surface area contributed by atoms with Gasteiger partial charge in [0.2, 0.25) is 0 Å². The summed E-state index contributed by atoms with van der Waals surface area (Å²) in [6.07, 6.45) is 3.75.